The molecule has 11 aliphatic rings. The Morgan fingerprint density at radius 1 is 0.329 bits per heavy atom. The summed E-state index contributed by atoms with van der Waals surface area (Å²) in [6.45, 7) is 26.7. The van der Waals surface area contributed by atoms with Gasteiger partial charge in [0.05, 0.1) is 40.2 Å². The number of rotatable bonds is 4. The van der Waals surface area contributed by atoms with Crippen molar-refractivity contribution >= 4 is 39.4 Å². The van der Waals surface area contributed by atoms with E-state index < -0.39 is 0 Å². The number of nitrogens with zero attached hydrogens (tertiary/aromatic N) is 1. The molecule has 0 saturated carbocycles. The molecule has 2 aromatic rings. The average molecular weight is 984 g/mol. The fraction of sp³-hybridized carbons (Fsp3) is 0.167. The summed E-state index contributed by atoms with van der Waals surface area (Å²) in [5.41, 5.74) is 38.1. The van der Waals surface area contributed by atoms with Crippen LogP contribution in [0.15, 0.2) is 150 Å². The maximum absolute atomic E-state index is 5.69. The third-order valence-electron chi connectivity index (χ3n) is 16.5. The van der Waals surface area contributed by atoms with E-state index in [4.69, 9.17) is 4.99 Å². The second-order valence-electron chi connectivity index (χ2n) is 22.5. The molecule has 3 N–H and O–H groups in total. The summed E-state index contributed by atoms with van der Waals surface area (Å²) in [5, 5.41) is 8.07. The van der Waals surface area contributed by atoms with Crippen molar-refractivity contribution in [1.82, 2.24) is 15.3 Å². The average Bonchev–Trinajstić information content (AvgIpc) is 4.23. The van der Waals surface area contributed by atoms with Gasteiger partial charge < -0.3 is 9.97 Å². The van der Waals surface area contributed by atoms with Crippen molar-refractivity contribution in [3.05, 3.63) is 262 Å². The highest BCUT2D eigenvalue weighted by atomic mass is 14.9. The lowest BCUT2D eigenvalue weighted by atomic mass is 9.91. The number of hydrogen-bond donors (Lipinski definition) is 3. The van der Waals surface area contributed by atoms with E-state index in [1.54, 1.807) is 0 Å². The number of aryl methyl sites for hydroxylation is 12. The summed E-state index contributed by atoms with van der Waals surface area (Å²) >= 11 is 0. The number of allylic oxidation sites excluding steroid dienone is 3. The SMILES string of the molecule is Cc1cc(C)c2cc(C3=C(c4cc5c(C)cc(C)cc(C)c-5c4)C4=NC(=c5ccc([nH]5)=C(c5cc6c(C)cc(C)cc(C)c-6c5)C(c5cc6c(C)cc(C)cc(C)c-6c5)=c5ccc([nH]5)=C5[CH+]C=C3N5)C=C4)cc-2c(C)c1. The van der Waals surface area contributed by atoms with Crippen LogP contribution in [0.2, 0.25) is 0 Å². The Labute approximate surface area is 447 Å². The van der Waals surface area contributed by atoms with Gasteiger partial charge in [-0.1, -0.05) is 70.8 Å². The lowest BCUT2D eigenvalue weighted by molar-refractivity contribution is 1.14. The Bertz CT molecular complexity index is 4290. The van der Waals surface area contributed by atoms with Gasteiger partial charge in [0.1, 0.15) is 5.70 Å². The zero-order chi connectivity index (χ0) is 52.6. The van der Waals surface area contributed by atoms with Gasteiger partial charge in [0.25, 0.3) is 0 Å². The molecular formula is C72H63N4+. The monoisotopic (exact) mass is 984 g/mol. The molecule has 0 fully saturated rings. The number of fused-ring (bicyclic) bond motifs is 11. The van der Waals surface area contributed by atoms with Gasteiger partial charge in [0, 0.05) is 28.1 Å². The Morgan fingerprint density at radius 2 is 0.645 bits per heavy atom. The minimum absolute atomic E-state index is 0.891. The molecule has 0 amide bonds. The zero-order valence-electron chi connectivity index (χ0n) is 45.8. The molecule has 4 nitrogen and oxygen atoms in total. The summed E-state index contributed by atoms with van der Waals surface area (Å²) < 4.78 is 0. The van der Waals surface area contributed by atoms with Crippen LogP contribution < -0.4 is 26.7 Å². The van der Waals surface area contributed by atoms with E-state index in [0.717, 1.165) is 88.7 Å². The first-order valence-corrected chi connectivity index (χ1v) is 26.8. The lowest BCUT2D eigenvalue weighted by Gasteiger charge is -2.13. The molecule has 0 saturated heterocycles. The molecule has 5 heterocycles. The van der Waals surface area contributed by atoms with Crippen molar-refractivity contribution in [2.24, 2.45) is 4.99 Å². The largest absolute Gasteiger partial charge is 0.353 e. The smallest absolute Gasteiger partial charge is 0.186 e. The molecule has 2 aromatic heterocycles. The lowest BCUT2D eigenvalue weighted by Crippen LogP contribution is -2.23. The van der Waals surface area contributed by atoms with E-state index in [2.05, 4.69) is 244 Å². The molecule has 4 heteroatoms. The number of aromatic amines is 2. The minimum Gasteiger partial charge on any atom is -0.353 e. The van der Waals surface area contributed by atoms with Gasteiger partial charge in [-0.05, 0) is 273 Å². The predicted octanol–water partition coefficient (Wildman–Crippen LogP) is 14.1. The molecule has 0 spiro atoms. The third kappa shape index (κ3) is 7.72. The molecule has 3 aliphatic heterocycles. The first kappa shape index (κ1) is 47.1. The number of hydrogen-bond acceptors (Lipinski definition) is 2. The molecule has 370 valence electrons. The number of H-pyrrole nitrogens is 2. The van der Waals surface area contributed by atoms with Gasteiger partial charge in [0.15, 0.2) is 11.0 Å². The van der Waals surface area contributed by atoms with Gasteiger partial charge in [-0.2, -0.15) is 0 Å². The van der Waals surface area contributed by atoms with Crippen LogP contribution >= 0.6 is 0 Å². The Balaban J connectivity index is 1.16. The predicted molar refractivity (Wildman–Crippen MR) is 320 cm³/mol. The summed E-state index contributed by atoms with van der Waals surface area (Å²) in [6.07, 6.45) is 8.95. The van der Waals surface area contributed by atoms with Crippen LogP contribution in [0.3, 0.4) is 0 Å². The van der Waals surface area contributed by atoms with E-state index in [9.17, 15) is 0 Å². The summed E-state index contributed by atoms with van der Waals surface area (Å²) in [7, 11) is 0. The van der Waals surface area contributed by atoms with Crippen LogP contribution in [0.4, 0.5) is 0 Å². The summed E-state index contributed by atoms with van der Waals surface area (Å²) in [4.78, 5) is 13.8. The molecule has 76 heavy (non-hydrogen) atoms. The van der Waals surface area contributed by atoms with Crippen molar-refractivity contribution in [1.29, 1.82) is 0 Å². The highest BCUT2D eigenvalue weighted by Crippen LogP contribution is 2.46. The molecule has 0 atom stereocenters. The zero-order valence-corrected chi connectivity index (χ0v) is 45.8. The summed E-state index contributed by atoms with van der Waals surface area (Å²) in [6, 6.07) is 46.8. The van der Waals surface area contributed by atoms with Crippen molar-refractivity contribution in [2.45, 2.75) is 83.1 Å². The van der Waals surface area contributed by atoms with E-state index in [1.807, 2.05) is 0 Å². The Kier molecular flexibility index (Phi) is 10.9. The second kappa shape index (κ2) is 17.5. The van der Waals surface area contributed by atoms with Crippen molar-refractivity contribution in [3.63, 3.8) is 0 Å². The standard InChI is InChI=1S/C72H63N4/c1-37-21-41(5)53-29-49(30-54(53)42(6)22-37)69-65-17-13-61(73-65)62-15-19-67(75-62)71(51-33-57-45(9)25-39(3)26-46(10)58(57)34-51)72(52-35-59-47(11)27-40(4)28-48(12)60(59)36-52)68-20-16-64(76-68)63-14-18-66(74-63)70(69)50-31-55-43(7)23-38(2)24-44(8)56(55)32-50/h13-36,73-75H,1-12H3/q+1. The van der Waals surface area contributed by atoms with Crippen LogP contribution in [0, 0.1) is 89.5 Å². The molecule has 0 aromatic carbocycles. The van der Waals surface area contributed by atoms with Crippen LogP contribution in [0.25, 0.3) is 78.2 Å². The van der Waals surface area contributed by atoms with Gasteiger partial charge in [-0.25, -0.2) is 4.99 Å². The normalized spacial score (nSPS) is 14.5. The van der Waals surface area contributed by atoms with E-state index in [1.165, 1.54) is 111 Å². The van der Waals surface area contributed by atoms with Crippen LogP contribution in [-0.2, 0) is 0 Å². The van der Waals surface area contributed by atoms with E-state index in [0.29, 0.717) is 0 Å². The third-order valence-corrected chi connectivity index (χ3v) is 16.5. The molecule has 8 bridgehead atoms. The molecular weight excluding hydrogens is 921 g/mol. The highest BCUT2D eigenvalue weighted by Gasteiger charge is 2.33. The van der Waals surface area contributed by atoms with Gasteiger partial charge in [-0.15, -0.1) is 0 Å². The number of aromatic nitrogens is 2. The Morgan fingerprint density at radius 3 is 1.03 bits per heavy atom. The fourth-order valence-corrected chi connectivity index (χ4v) is 13.2. The minimum atomic E-state index is 0.891. The van der Waals surface area contributed by atoms with E-state index >= 15 is 0 Å². The molecule has 8 aliphatic carbocycles. The quantitative estimate of drug-likeness (QED) is 0.151. The Hall–Kier alpha value is -8.60. The number of aliphatic imine (C=N–C) groups is 1. The topological polar surface area (TPSA) is 56.0 Å². The first-order valence-electron chi connectivity index (χ1n) is 26.8. The van der Waals surface area contributed by atoms with Crippen LogP contribution in [-0.4, -0.2) is 15.7 Å². The maximum Gasteiger partial charge on any atom is 0.186 e. The second-order valence-corrected chi connectivity index (χ2v) is 22.5. The van der Waals surface area contributed by atoms with Gasteiger partial charge in [0.2, 0.25) is 0 Å². The van der Waals surface area contributed by atoms with E-state index in [-0.39, 0.29) is 0 Å². The van der Waals surface area contributed by atoms with Crippen molar-refractivity contribution < 1.29 is 0 Å². The van der Waals surface area contributed by atoms with Gasteiger partial charge >= 0.3 is 0 Å². The fourth-order valence-electron chi connectivity index (χ4n) is 13.2. The highest BCUT2D eigenvalue weighted by molar-refractivity contribution is 6.39. The van der Waals surface area contributed by atoms with Crippen LogP contribution in [0.1, 0.15) is 89.0 Å². The van der Waals surface area contributed by atoms with Gasteiger partial charge in [-0.3, -0.25) is 5.32 Å². The molecule has 0 unspecified atom stereocenters. The molecule has 13 rings (SSSR count). The first-order chi connectivity index (χ1) is 36.5. The number of nitrogens with one attached hydrogen (secondary N) is 3. The molecule has 0 radical (unpaired) electrons. The summed E-state index contributed by atoms with van der Waals surface area (Å²) in [5.74, 6) is 0. The van der Waals surface area contributed by atoms with Crippen molar-refractivity contribution in [3.8, 4) is 44.5 Å². The van der Waals surface area contributed by atoms with Crippen LogP contribution in [0.5, 0.6) is 0 Å². The van der Waals surface area contributed by atoms with Crippen molar-refractivity contribution in [2.75, 3.05) is 0 Å². The maximum atomic E-state index is 5.69.